The lowest BCUT2D eigenvalue weighted by atomic mass is 9.81. The molecule has 1 fully saturated rings. The first-order chi connectivity index (χ1) is 20.4. The molecule has 2 unspecified atom stereocenters. The third-order valence-electron chi connectivity index (χ3n) is 9.39. The monoisotopic (exact) mass is 520 g/mol. The zero-order chi connectivity index (χ0) is 26.9. The molecule has 0 spiro atoms. The Morgan fingerprint density at radius 1 is 0.341 bits per heavy atom. The van der Waals surface area contributed by atoms with Crippen LogP contribution in [0.2, 0.25) is 0 Å². The molecule has 2 aliphatic carbocycles. The van der Waals surface area contributed by atoms with Crippen LogP contribution in [0.1, 0.15) is 29.4 Å². The minimum absolute atomic E-state index is 0.680. The van der Waals surface area contributed by atoms with Crippen molar-refractivity contribution in [1.82, 2.24) is 0 Å². The maximum Gasteiger partial charge on any atom is -0.00201 e. The average molecular weight is 521 g/mol. The van der Waals surface area contributed by atoms with Crippen LogP contribution in [0.5, 0.6) is 0 Å². The fourth-order valence-corrected chi connectivity index (χ4v) is 7.52. The van der Waals surface area contributed by atoms with Crippen LogP contribution >= 0.6 is 0 Å². The predicted octanol–water partition coefficient (Wildman–Crippen LogP) is 11.2. The molecular weight excluding hydrogens is 492 g/mol. The first-order valence-corrected chi connectivity index (χ1v) is 14.7. The Bertz CT molecular complexity index is 2080. The molecule has 1 saturated carbocycles. The van der Waals surface area contributed by atoms with Gasteiger partial charge in [0.25, 0.3) is 0 Å². The van der Waals surface area contributed by atoms with Gasteiger partial charge in [-0.15, -0.1) is 0 Å². The van der Waals surface area contributed by atoms with Gasteiger partial charge in [0.05, 0.1) is 0 Å². The zero-order valence-electron chi connectivity index (χ0n) is 22.7. The summed E-state index contributed by atoms with van der Waals surface area (Å²) < 4.78 is 0. The van der Waals surface area contributed by atoms with Crippen LogP contribution in [-0.2, 0) is 0 Å². The molecule has 2 atom stereocenters. The number of hydrogen-bond acceptors (Lipinski definition) is 0. The molecule has 9 rings (SSSR count). The van der Waals surface area contributed by atoms with Gasteiger partial charge in [-0.3, -0.25) is 0 Å². The number of hydrogen-bond donors (Lipinski definition) is 0. The SMILES string of the molecule is c1ccc(-c2ccccc2-c2c3ccccc3c(-c3ccc4c(c3)-c3ccccc3C3CC43)c3ccccc23)cc1. The van der Waals surface area contributed by atoms with Gasteiger partial charge in [-0.1, -0.05) is 140 Å². The molecule has 0 aliphatic heterocycles. The van der Waals surface area contributed by atoms with Gasteiger partial charge in [-0.25, -0.2) is 0 Å². The summed E-state index contributed by atoms with van der Waals surface area (Å²) in [5.41, 5.74) is 13.6. The van der Waals surface area contributed by atoms with Crippen LogP contribution in [0.3, 0.4) is 0 Å². The van der Waals surface area contributed by atoms with Gasteiger partial charge in [-0.05, 0) is 102 Å². The quantitative estimate of drug-likeness (QED) is 0.203. The molecule has 0 aromatic heterocycles. The van der Waals surface area contributed by atoms with Crippen LogP contribution in [0.4, 0.5) is 0 Å². The lowest BCUT2D eigenvalue weighted by molar-refractivity contribution is 1.01. The molecule has 0 radical (unpaired) electrons. The third kappa shape index (κ3) is 3.41. The van der Waals surface area contributed by atoms with E-state index in [0.717, 1.165) is 0 Å². The summed E-state index contributed by atoms with van der Waals surface area (Å²) in [5, 5.41) is 5.20. The van der Waals surface area contributed by atoms with E-state index in [1.807, 2.05) is 0 Å². The Morgan fingerprint density at radius 2 is 0.854 bits per heavy atom. The van der Waals surface area contributed by atoms with E-state index in [0.29, 0.717) is 11.8 Å². The predicted molar refractivity (Wildman–Crippen MR) is 173 cm³/mol. The van der Waals surface area contributed by atoms with Gasteiger partial charge in [0, 0.05) is 0 Å². The molecular formula is C41H28. The number of rotatable bonds is 3. The average Bonchev–Trinajstić information content (AvgIpc) is 3.86. The molecule has 0 N–H and O–H groups in total. The van der Waals surface area contributed by atoms with E-state index in [2.05, 4.69) is 146 Å². The summed E-state index contributed by atoms with van der Waals surface area (Å²) in [5.74, 6) is 1.38. The van der Waals surface area contributed by atoms with E-state index in [-0.39, 0.29) is 0 Å². The lowest BCUT2D eigenvalue weighted by Crippen LogP contribution is -2.00. The highest BCUT2D eigenvalue weighted by Crippen LogP contribution is 2.62. The first kappa shape index (κ1) is 22.8. The second-order valence-corrected chi connectivity index (χ2v) is 11.6. The number of benzene rings is 7. The summed E-state index contributed by atoms with van der Waals surface area (Å²) in [7, 11) is 0. The highest BCUT2D eigenvalue weighted by Gasteiger charge is 2.45. The Kier molecular flexibility index (Phi) is 4.89. The number of fused-ring (bicyclic) bond motifs is 8. The van der Waals surface area contributed by atoms with Crippen molar-refractivity contribution in [2.45, 2.75) is 18.3 Å². The van der Waals surface area contributed by atoms with Gasteiger partial charge in [-0.2, -0.15) is 0 Å². The van der Waals surface area contributed by atoms with E-state index < -0.39 is 0 Å². The highest BCUT2D eigenvalue weighted by molar-refractivity contribution is 6.22. The van der Waals surface area contributed by atoms with Crippen molar-refractivity contribution < 1.29 is 0 Å². The zero-order valence-corrected chi connectivity index (χ0v) is 22.7. The molecule has 7 aromatic carbocycles. The standard InChI is InChI=1S/C41H28/c1-2-12-26(13-3-1)28-14-4-7-17-32(28)41-35-20-10-8-18-33(35)40(34-19-9-11-21-36(34)41)27-22-23-31-37(24-27)29-15-5-6-16-30(29)38-25-39(31)38/h1-24,38-39H,25H2. The van der Waals surface area contributed by atoms with Gasteiger partial charge in [0.2, 0.25) is 0 Å². The molecule has 0 heterocycles. The Morgan fingerprint density at radius 3 is 1.54 bits per heavy atom. The summed E-state index contributed by atoms with van der Waals surface area (Å²) in [6, 6.07) is 54.0. The molecule has 2 aliphatic rings. The maximum absolute atomic E-state index is 2.48. The van der Waals surface area contributed by atoms with E-state index >= 15 is 0 Å². The van der Waals surface area contributed by atoms with Crippen molar-refractivity contribution in [2.24, 2.45) is 0 Å². The van der Waals surface area contributed by atoms with Gasteiger partial charge in [0.1, 0.15) is 0 Å². The van der Waals surface area contributed by atoms with Crippen molar-refractivity contribution in [1.29, 1.82) is 0 Å². The van der Waals surface area contributed by atoms with E-state index in [1.165, 1.54) is 83.6 Å². The summed E-state index contributed by atoms with van der Waals surface area (Å²) >= 11 is 0. The molecule has 0 heteroatoms. The normalized spacial score (nSPS) is 16.7. The van der Waals surface area contributed by atoms with Gasteiger partial charge in [0.15, 0.2) is 0 Å². The molecule has 7 aromatic rings. The second-order valence-electron chi connectivity index (χ2n) is 11.6. The van der Waals surface area contributed by atoms with Crippen LogP contribution in [-0.4, -0.2) is 0 Å². The van der Waals surface area contributed by atoms with Crippen LogP contribution in [0.15, 0.2) is 146 Å². The van der Waals surface area contributed by atoms with Gasteiger partial charge < -0.3 is 0 Å². The van der Waals surface area contributed by atoms with Crippen molar-refractivity contribution in [3.05, 3.63) is 157 Å². The second kappa shape index (κ2) is 8.78. The summed E-state index contributed by atoms with van der Waals surface area (Å²) in [6.45, 7) is 0. The summed E-state index contributed by atoms with van der Waals surface area (Å²) in [6.07, 6.45) is 1.28. The fourth-order valence-electron chi connectivity index (χ4n) is 7.52. The minimum atomic E-state index is 0.680. The van der Waals surface area contributed by atoms with E-state index in [4.69, 9.17) is 0 Å². The Labute approximate surface area is 240 Å². The van der Waals surface area contributed by atoms with Gasteiger partial charge >= 0.3 is 0 Å². The molecule has 0 nitrogen and oxygen atoms in total. The molecule has 192 valence electrons. The van der Waals surface area contributed by atoms with Crippen molar-refractivity contribution >= 4 is 21.5 Å². The van der Waals surface area contributed by atoms with E-state index in [9.17, 15) is 0 Å². The van der Waals surface area contributed by atoms with Crippen LogP contribution in [0, 0.1) is 0 Å². The van der Waals surface area contributed by atoms with Crippen molar-refractivity contribution in [2.75, 3.05) is 0 Å². The highest BCUT2D eigenvalue weighted by atomic mass is 14.5. The van der Waals surface area contributed by atoms with E-state index in [1.54, 1.807) is 0 Å². The molecule has 0 saturated heterocycles. The molecule has 41 heavy (non-hydrogen) atoms. The fraction of sp³-hybridized carbons (Fsp3) is 0.0732. The third-order valence-corrected chi connectivity index (χ3v) is 9.39. The molecule has 0 bridgehead atoms. The Balaban J connectivity index is 1.35. The molecule has 0 amide bonds. The summed E-state index contributed by atoms with van der Waals surface area (Å²) in [4.78, 5) is 0. The largest absolute Gasteiger partial charge is 0.0622 e. The minimum Gasteiger partial charge on any atom is -0.0622 e. The first-order valence-electron chi connectivity index (χ1n) is 14.7. The van der Waals surface area contributed by atoms with Crippen LogP contribution in [0.25, 0.3) is 66.1 Å². The van der Waals surface area contributed by atoms with Crippen LogP contribution < -0.4 is 0 Å². The topological polar surface area (TPSA) is 0 Å². The van der Waals surface area contributed by atoms with Crippen molar-refractivity contribution in [3.8, 4) is 44.5 Å². The van der Waals surface area contributed by atoms with Crippen molar-refractivity contribution in [3.63, 3.8) is 0 Å². The smallest absolute Gasteiger partial charge is 0.00201 e. The Hall–Kier alpha value is -4.94. The maximum atomic E-state index is 2.48. The lowest BCUT2D eigenvalue weighted by Gasteiger charge is -2.22.